The lowest BCUT2D eigenvalue weighted by atomic mass is 9.97. The van der Waals surface area contributed by atoms with Crippen molar-refractivity contribution in [1.29, 1.82) is 0 Å². The van der Waals surface area contributed by atoms with Gasteiger partial charge in [-0.1, -0.05) is 18.2 Å². The number of benzene rings is 2. The molecule has 0 atom stereocenters. The third-order valence-corrected chi connectivity index (χ3v) is 5.13. The number of hydrogen-bond acceptors (Lipinski definition) is 4. The molecule has 2 aromatic carbocycles. The van der Waals surface area contributed by atoms with Gasteiger partial charge in [-0.15, -0.1) is 0 Å². The first-order valence-corrected chi connectivity index (χ1v) is 9.97. The van der Waals surface area contributed by atoms with Crippen molar-refractivity contribution in [2.24, 2.45) is 5.92 Å². The van der Waals surface area contributed by atoms with Crippen LogP contribution in [0.2, 0.25) is 0 Å². The van der Waals surface area contributed by atoms with Crippen LogP contribution in [0, 0.1) is 5.92 Å². The van der Waals surface area contributed by atoms with Crippen LogP contribution in [0.25, 0.3) is 0 Å². The molecule has 0 unspecified atom stereocenters. The van der Waals surface area contributed by atoms with E-state index in [1.54, 1.807) is 31.3 Å². The molecule has 8 heteroatoms. The Morgan fingerprint density at radius 3 is 2.50 bits per heavy atom. The van der Waals surface area contributed by atoms with Crippen molar-refractivity contribution in [3.8, 4) is 11.5 Å². The number of para-hydroxylation sites is 2. The Hall–Kier alpha value is -3.42. The van der Waals surface area contributed by atoms with Crippen molar-refractivity contribution in [3.05, 3.63) is 48.5 Å². The highest BCUT2D eigenvalue weighted by Crippen LogP contribution is 2.24. The molecule has 1 saturated heterocycles. The van der Waals surface area contributed by atoms with Gasteiger partial charge in [-0.05, 0) is 43.0 Å². The molecule has 8 nitrogen and oxygen atoms in total. The van der Waals surface area contributed by atoms with E-state index in [9.17, 15) is 9.59 Å². The molecule has 30 heavy (non-hydrogen) atoms. The van der Waals surface area contributed by atoms with Crippen LogP contribution in [0.5, 0.6) is 11.5 Å². The van der Waals surface area contributed by atoms with Crippen molar-refractivity contribution in [2.45, 2.75) is 12.8 Å². The molecule has 0 saturated carbocycles. The van der Waals surface area contributed by atoms with E-state index in [1.165, 1.54) is 0 Å². The average Bonchev–Trinajstić information content (AvgIpc) is 2.78. The summed E-state index contributed by atoms with van der Waals surface area (Å²) in [5, 5.41) is 8.62. The Bertz CT molecular complexity index is 866. The van der Waals surface area contributed by atoms with Gasteiger partial charge in [0.05, 0.1) is 19.9 Å². The number of nitrogens with one attached hydrogen (secondary N) is 3. The molecule has 1 aliphatic rings. The Morgan fingerprint density at radius 2 is 1.77 bits per heavy atom. The summed E-state index contributed by atoms with van der Waals surface area (Å²) in [6.07, 6.45) is 1.66. The van der Waals surface area contributed by atoms with Crippen LogP contribution in [-0.2, 0) is 0 Å². The molecule has 0 spiro atoms. The molecule has 0 radical (unpaired) electrons. The maximum atomic E-state index is 12.5. The Morgan fingerprint density at radius 1 is 1.00 bits per heavy atom. The molecule has 0 bridgehead atoms. The van der Waals surface area contributed by atoms with E-state index < -0.39 is 0 Å². The lowest BCUT2D eigenvalue weighted by Gasteiger charge is -2.32. The first kappa shape index (κ1) is 21.3. The number of carbonyl (C=O) groups is 2. The number of likely N-dealkylation sites (tertiary alicyclic amines) is 1. The summed E-state index contributed by atoms with van der Waals surface area (Å²) in [7, 11) is 3.16. The van der Waals surface area contributed by atoms with Crippen LogP contribution in [0.15, 0.2) is 48.5 Å². The smallest absolute Gasteiger partial charge is 0.321 e. The van der Waals surface area contributed by atoms with Gasteiger partial charge in [-0.2, -0.15) is 0 Å². The molecule has 2 aromatic rings. The van der Waals surface area contributed by atoms with E-state index >= 15 is 0 Å². The van der Waals surface area contributed by atoms with Crippen molar-refractivity contribution in [1.82, 2.24) is 10.2 Å². The molecular formula is C22H28N4O4. The Kier molecular flexibility index (Phi) is 7.37. The average molecular weight is 412 g/mol. The van der Waals surface area contributed by atoms with Crippen LogP contribution in [-0.4, -0.2) is 50.8 Å². The number of amides is 4. The first-order chi connectivity index (χ1) is 14.6. The summed E-state index contributed by atoms with van der Waals surface area (Å²) < 4.78 is 10.4. The third kappa shape index (κ3) is 5.79. The number of hydrogen-bond donors (Lipinski definition) is 3. The highest BCUT2D eigenvalue weighted by Gasteiger charge is 2.23. The zero-order valence-electron chi connectivity index (χ0n) is 17.3. The van der Waals surface area contributed by atoms with Crippen LogP contribution in [0.1, 0.15) is 12.8 Å². The minimum absolute atomic E-state index is 0.137. The second-order valence-corrected chi connectivity index (χ2v) is 7.13. The van der Waals surface area contributed by atoms with Gasteiger partial charge in [0, 0.05) is 31.4 Å². The fourth-order valence-corrected chi connectivity index (χ4v) is 3.40. The van der Waals surface area contributed by atoms with E-state index in [0.717, 1.165) is 12.8 Å². The van der Waals surface area contributed by atoms with E-state index in [-0.39, 0.29) is 12.1 Å². The van der Waals surface area contributed by atoms with Crippen molar-refractivity contribution >= 4 is 23.4 Å². The molecule has 1 aliphatic heterocycles. The van der Waals surface area contributed by atoms with Crippen molar-refractivity contribution in [2.75, 3.05) is 44.5 Å². The maximum Gasteiger partial charge on any atom is 0.321 e. The number of carbonyl (C=O) groups excluding carboxylic acids is 2. The summed E-state index contributed by atoms with van der Waals surface area (Å²) in [4.78, 5) is 26.5. The summed E-state index contributed by atoms with van der Waals surface area (Å²) in [6, 6.07) is 14.2. The van der Waals surface area contributed by atoms with Gasteiger partial charge < -0.3 is 30.3 Å². The van der Waals surface area contributed by atoms with Crippen LogP contribution < -0.4 is 25.4 Å². The van der Waals surface area contributed by atoms with Crippen molar-refractivity contribution in [3.63, 3.8) is 0 Å². The number of ether oxygens (including phenoxy) is 2. The van der Waals surface area contributed by atoms with E-state index in [1.807, 2.05) is 36.4 Å². The summed E-state index contributed by atoms with van der Waals surface area (Å²) in [6.45, 7) is 1.85. The first-order valence-electron chi connectivity index (χ1n) is 9.97. The molecule has 3 rings (SSSR count). The number of urea groups is 2. The van der Waals surface area contributed by atoms with Gasteiger partial charge in [0.2, 0.25) is 0 Å². The van der Waals surface area contributed by atoms with Crippen molar-refractivity contribution < 1.29 is 19.1 Å². The van der Waals surface area contributed by atoms with Gasteiger partial charge in [-0.3, -0.25) is 0 Å². The predicted octanol–water partition coefficient (Wildman–Crippen LogP) is 3.77. The zero-order valence-corrected chi connectivity index (χ0v) is 17.3. The maximum absolute atomic E-state index is 12.5. The van der Waals surface area contributed by atoms with Gasteiger partial charge in [0.25, 0.3) is 0 Å². The molecule has 1 fully saturated rings. The van der Waals surface area contributed by atoms with Gasteiger partial charge >= 0.3 is 12.1 Å². The Labute approximate surface area is 176 Å². The molecule has 0 aromatic heterocycles. The standard InChI is InChI=1S/C22H28N4O4/c1-29-18-7-5-6-17(14-18)24-21(27)23-15-16-10-12-26(13-11-16)22(28)25-19-8-3-4-9-20(19)30-2/h3-9,14,16H,10-13,15H2,1-2H3,(H,25,28)(H2,23,24,27). The number of rotatable bonds is 6. The second-order valence-electron chi connectivity index (χ2n) is 7.13. The highest BCUT2D eigenvalue weighted by molar-refractivity contribution is 5.91. The quantitative estimate of drug-likeness (QED) is 0.673. The number of anilines is 2. The summed E-state index contributed by atoms with van der Waals surface area (Å²) in [5.74, 6) is 1.65. The monoisotopic (exact) mass is 412 g/mol. The van der Waals surface area contributed by atoms with Gasteiger partial charge in [0.1, 0.15) is 11.5 Å². The summed E-state index contributed by atoms with van der Waals surface area (Å²) >= 11 is 0. The lowest BCUT2D eigenvalue weighted by Crippen LogP contribution is -2.43. The summed E-state index contributed by atoms with van der Waals surface area (Å²) in [5.41, 5.74) is 1.33. The third-order valence-electron chi connectivity index (χ3n) is 5.13. The van der Waals surface area contributed by atoms with Crippen LogP contribution in [0.3, 0.4) is 0 Å². The van der Waals surface area contributed by atoms with E-state index in [0.29, 0.717) is 48.4 Å². The van der Waals surface area contributed by atoms with Gasteiger partial charge in [0.15, 0.2) is 0 Å². The minimum atomic E-state index is -0.250. The SMILES string of the molecule is COc1cccc(NC(=O)NCC2CCN(C(=O)Nc3ccccc3OC)CC2)c1. The Balaban J connectivity index is 1.40. The molecule has 0 aliphatic carbocycles. The van der Waals surface area contributed by atoms with E-state index in [4.69, 9.17) is 9.47 Å². The predicted molar refractivity (Wildman–Crippen MR) is 116 cm³/mol. The normalized spacial score (nSPS) is 14.0. The fourth-order valence-electron chi connectivity index (χ4n) is 3.40. The largest absolute Gasteiger partial charge is 0.497 e. The minimum Gasteiger partial charge on any atom is -0.497 e. The zero-order chi connectivity index (χ0) is 21.3. The molecule has 160 valence electrons. The lowest BCUT2D eigenvalue weighted by molar-refractivity contribution is 0.181. The fraction of sp³-hybridized carbons (Fsp3) is 0.364. The molecule has 3 N–H and O–H groups in total. The van der Waals surface area contributed by atoms with E-state index in [2.05, 4.69) is 16.0 Å². The van der Waals surface area contributed by atoms with Crippen LogP contribution >= 0.6 is 0 Å². The highest BCUT2D eigenvalue weighted by atomic mass is 16.5. The molecular weight excluding hydrogens is 384 g/mol. The molecule has 1 heterocycles. The number of piperidine rings is 1. The van der Waals surface area contributed by atoms with Crippen LogP contribution in [0.4, 0.5) is 21.0 Å². The second kappa shape index (κ2) is 10.4. The topological polar surface area (TPSA) is 91.9 Å². The van der Waals surface area contributed by atoms with Gasteiger partial charge in [-0.25, -0.2) is 9.59 Å². The number of methoxy groups -OCH3 is 2. The number of nitrogens with zero attached hydrogens (tertiary/aromatic N) is 1. The molecule has 4 amide bonds.